The van der Waals surface area contributed by atoms with Gasteiger partial charge >= 0.3 is 0 Å². The van der Waals surface area contributed by atoms with Crippen LogP contribution >= 0.6 is 0 Å². The van der Waals surface area contributed by atoms with Crippen LogP contribution in [0.2, 0.25) is 0 Å². The second-order valence-corrected chi connectivity index (χ2v) is 4.69. The van der Waals surface area contributed by atoms with E-state index in [4.69, 9.17) is 0 Å². The van der Waals surface area contributed by atoms with Crippen molar-refractivity contribution in [3.05, 3.63) is 12.2 Å². The lowest BCUT2D eigenvalue weighted by Crippen LogP contribution is -2.12. The Morgan fingerprint density at radius 3 is 2.38 bits per heavy atom. The summed E-state index contributed by atoms with van der Waals surface area (Å²) in [6, 6.07) is 0. The Kier molecular flexibility index (Phi) is 4.55. The first-order valence-corrected chi connectivity index (χ1v) is 5.89. The number of rotatable bonds is 4. The Hall–Kier alpha value is -0.260. The molecule has 1 atom stereocenters. The minimum absolute atomic E-state index is 0.795. The first-order valence-electron chi connectivity index (χ1n) is 5.89. The minimum atomic E-state index is 0.795. The van der Waals surface area contributed by atoms with Gasteiger partial charge in [0.15, 0.2) is 0 Å². The molecule has 1 saturated carbocycles. The monoisotopic (exact) mass is 180 g/mol. The van der Waals surface area contributed by atoms with E-state index in [1.165, 1.54) is 50.5 Å². The normalized spacial score (nSPS) is 21.4. The zero-order valence-corrected chi connectivity index (χ0v) is 9.31. The lowest BCUT2D eigenvalue weighted by atomic mass is 9.80. The molecule has 0 heteroatoms. The van der Waals surface area contributed by atoms with E-state index in [0.717, 1.165) is 11.8 Å². The molecule has 1 unspecified atom stereocenters. The summed E-state index contributed by atoms with van der Waals surface area (Å²) in [4.78, 5) is 0. The van der Waals surface area contributed by atoms with Crippen LogP contribution in [0.3, 0.4) is 0 Å². The molecule has 0 aromatic heterocycles. The molecule has 1 fully saturated rings. The van der Waals surface area contributed by atoms with Crippen molar-refractivity contribution >= 4 is 0 Å². The maximum absolute atomic E-state index is 4.09. The van der Waals surface area contributed by atoms with Gasteiger partial charge in [0.2, 0.25) is 0 Å². The molecular weight excluding hydrogens is 156 g/mol. The number of allylic oxidation sites excluding steroid dienone is 1. The van der Waals surface area contributed by atoms with Crippen LogP contribution in [0.4, 0.5) is 0 Å². The van der Waals surface area contributed by atoms with Crippen LogP contribution in [0, 0.1) is 11.8 Å². The Morgan fingerprint density at radius 2 is 1.92 bits per heavy atom. The van der Waals surface area contributed by atoms with Crippen LogP contribution in [-0.4, -0.2) is 0 Å². The molecule has 0 aromatic rings. The molecule has 0 N–H and O–H groups in total. The average molecular weight is 180 g/mol. The van der Waals surface area contributed by atoms with Crippen LogP contribution < -0.4 is 0 Å². The van der Waals surface area contributed by atoms with Gasteiger partial charge in [0.05, 0.1) is 0 Å². The molecule has 1 aliphatic rings. The fourth-order valence-electron chi connectivity index (χ4n) is 2.54. The third kappa shape index (κ3) is 3.54. The van der Waals surface area contributed by atoms with Crippen LogP contribution in [0.25, 0.3) is 0 Å². The average Bonchev–Trinajstić information content (AvgIpc) is 2.15. The van der Waals surface area contributed by atoms with Gasteiger partial charge in [-0.2, -0.15) is 0 Å². The second-order valence-electron chi connectivity index (χ2n) is 4.69. The highest BCUT2D eigenvalue weighted by atomic mass is 14.2. The van der Waals surface area contributed by atoms with E-state index in [1.54, 1.807) is 0 Å². The van der Waals surface area contributed by atoms with E-state index in [0.29, 0.717) is 0 Å². The highest BCUT2D eigenvalue weighted by Crippen LogP contribution is 2.32. The van der Waals surface area contributed by atoms with Crippen molar-refractivity contribution in [3.8, 4) is 0 Å². The Bertz CT molecular complexity index is 151. The van der Waals surface area contributed by atoms with Gasteiger partial charge < -0.3 is 0 Å². The van der Waals surface area contributed by atoms with E-state index in [9.17, 15) is 0 Å². The van der Waals surface area contributed by atoms with Gasteiger partial charge in [-0.3, -0.25) is 0 Å². The number of hydrogen-bond acceptors (Lipinski definition) is 0. The molecular formula is C13H24. The van der Waals surface area contributed by atoms with E-state index in [2.05, 4.69) is 20.4 Å². The zero-order valence-electron chi connectivity index (χ0n) is 9.31. The molecule has 13 heavy (non-hydrogen) atoms. The van der Waals surface area contributed by atoms with Gasteiger partial charge in [0.1, 0.15) is 0 Å². The third-order valence-electron chi connectivity index (χ3n) is 3.53. The van der Waals surface area contributed by atoms with Gasteiger partial charge in [-0.25, -0.2) is 0 Å². The summed E-state index contributed by atoms with van der Waals surface area (Å²) in [6.07, 6.45) is 10.1. The molecule has 0 amide bonds. The summed E-state index contributed by atoms with van der Waals surface area (Å²) in [5, 5.41) is 0. The lowest BCUT2D eigenvalue weighted by molar-refractivity contribution is 0.300. The maximum atomic E-state index is 4.09. The summed E-state index contributed by atoms with van der Waals surface area (Å²) in [7, 11) is 0. The van der Waals surface area contributed by atoms with Gasteiger partial charge in [-0.1, -0.05) is 51.2 Å². The molecule has 0 spiro atoms. The van der Waals surface area contributed by atoms with E-state index < -0.39 is 0 Å². The smallest absolute Gasteiger partial charge is 0.0209 e. The second kappa shape index (κ2) is 5.47. The molecule has 0 aliphatic heterocycles. The SMILES string of the molecule is C=C(C)C(CC)CC1CCCCC1. The highest BCUT2D eigenvalue weighted by molar-refractivity contribution is 4.96. The molecule has 0 heterocycles. The summed E-state index contributed by atoms with van der Waals surface area (Å²) in [6.45, 7) is 8.58. The predicted molar refractivity (Wildman–Crippen MR) is 59.8 cm³/mol. The topological polar surface area (TPSA) is 0 Å². The zero-order chi connectivity index (χ0) is 9.68. The van der Waals surface area contributed by atoms with Crippen molar-refractivity contribution in [2.45, 2.75) is 58.8 Å². The predicted octanol–water partition coefficient (Wildman–Crippen LogP) is 4.56. The fourth-order valence-corrected chi connectivity index (χ4v) is 2.54. The molecule has 0 aromatic carbocycles. The number of hydrogen-bond donors (Lipinski definition) is 0. The minimum Gasteiger partial charge on any atom is -0.0999 e. The van der Waals surface area contributed by atoms with Crippen molar-refractivity contribution in [2.75, 3.05) is 0 Å². The van der Waals surface area contributed by atoms with Gasteiger partial charge in [-0.15, -0.1) is 0 Å². The van der Waals surface area contributed by atoms with Gasteiger partial charge in [0.25, 0.3) is 0 Å². The van der Waals surface area contributed by atoms with Crippen LogP contribution in [0.1, 0.15) is 58.8 Å². The maximum Gasteiger partial charge on any atom is -0.0209 e. The lowest BCUT2D eigenvalue weighted by Gasteiger charge is -2.26. The largest absolute Gasteiger partial charge is 0.0999 e. The van der Waals surface area contributed by atoms with Gasteiger partial charge in [0, 0.05) is 0 Å². The first kappa shape index (κ1) is 10.8. The van der Waals surface area contributed by atoms with Crippen LogP contribution in [0.5, 0.6) is 0 Å². The van der Waals surface area contributed by atoms with Crippen LogP contribution in [0.15, 0.2) is 12.2 Å². The summed E-state index contributed by atoms with van der Waals surface area (Å²) in [5.74, 6) is 1.80. The van der Waals surface area contributed by atoms with E-state index in [1.807, 2.05) is 0 Å². The molecule has 0 bridgehead atoms. The van der Waals surface area contributed by atoms with Gasteiger partial charge in [-0.05, 0) is 31.6 Å². The van der Waals surface area contributed by atoms with E-state index in [-0.39, 0.29) is 0 Å². The summed E-state index contributed by atoms with van der Waals surface area (Å²) in [5.41, 5.74) is 1.40. The third-order valence-corrected chi connectivity index (χ3v) is 3.53. The van der Waals surface area contributed by atoms with E-state index >= 15 is 0 Å². The first-order chi connectivity index (χ1) is 6.24. The summed E-state index contributed by atoms with van der Waals surface area (Å²) >= 11 is 0. The van der Waals surface area contributed by atoms with Crippen molar-refractivity contribution < 1.29 is 0 Å². The van der Waals surface area contributed by atoms with Crippen molar-refractivity contribution in [3.63, 3.8) is 0 Å². The quantitative estimate of drug-likeness (QED) is 0.556. The Morgan fingerprint density at radius 1 is 1.31 bits per heavy atom. The molecule has 1 aliphatic carbocycles. The molecule has 76 valence electrons. The van der Waals surface area contributed by atoms with Crippen molar-refractivity contribution in [2.24, 2.45) is 11.8 Å². The van der Waals surface area contributed by atoms with Crippen LogP contribution in [-0.2, 0) is 0 Å². The molecule has 0 radical (unpaired) electrons. The Labute approximate surface area is 83.4 Å². The van der Waals surface area contributed by atoms with Crippen molar-refractivity contribution in [1.29, 1.82) is 0 Å². The Balaban J connectivity index is 2.31. The molecule has 1 rings (SSSR count). The summed E-state index contributed by atoms with van der Waals surface area (Å²) < 4.78 is 0. The standard InChI is InChI=1S/C13H24/c1-4-13(11(2)3)10-12-8-6-5-7-9-12/h12-13H,2,4-10H2,1,3H3. The molecule has 0 saturated heterocycles. The fraction of sp³-hybridized carbons (Fsp3) is 0.846. The molecule has 0 nitrogen and oxygen atoms in total. The van der Waals surface area contributed by atoms with Crippen molar-refractivity contribution in [1.82, 2.24) is 0 Å². The highest BCUT2D eigenvalue weighted by Gasteiger charge is 2.17.